The maximum Gasteiger partial charge on any atom is 0.270 e. The number of rotatable bonds is 7. The van der Waals surface area contributed by atoms with E-state index in [-0.39, 0.29) is 30.4 Å². The third-order valence-corrected chi connectivity index (χ3v) is 6.59. The lowest BCUT2D eigenvalue weighted by molar-refractivity contribution is 0.0736. The summed E-state index contributed by atoms with van der Waals surface area (Å²) in [5.41, 5.74) is 1.83. The maximum atomic E-state index is 14.6. The highest BCUT2D eigenvalue weighted by atomic mass is 19.1. The Balaban J connectivity index is 1.48. The first kappa shape index (κ1) is 24.5. The Hall–Kier alpha value is -4.20. The number of amides is 1. The number of benzene rings is 3. The molecule has 5 nitrogen and oxygen atoms in total. The zero-order valence-corrected chi connectivity index (χ0v) is 20.2. The second kappa shape index (κ2) is 10.4. The van der Waals surface area contributed by atoms with Crippen molar-refractivity contribution in [2.75, 3.05) is 37.7 Å². The maximum absolute atomic E-state index is 14.6. The quantitative estimate of drug-likeness (QED) is 0.306. The third-order valence-electron chi connectivity index (χ3n) is 6.59. The van der Waals surface area contributed by atoms with Gasteiger partial charge in [0.25, 0.3) is 5.91 Å². The van der Waals surface area contributed by atoms with Crippen molar-refractivity contribution in [1.29, 1.82) is 0 Å². The van der Waals surface area contributed by atoms with Crippen LogP contribution in [0.15, 0.2) is 79.4 Å². The molecule has 5 rings (SSSR count). The smallest absolute Gasteiger partial charge is 0.270 e. The van der Waals surface area contributed by atoms with Gasteiger partial charge in [0.2, 0.25) is 0 Å². The minimum Gasteiger partial charge on any atom is -0.489 e. The van der Waals surface area contributed by atoms with E-state index in [1.165, 1.54) is 18.2 Å². The van der Waals surface area contributed by atoms with Crippen LogP contribution in [0.4, 0.5) is 18.9 Å². The Labute approximate surface area is 213 Å². The topological polar surface area (TPSA) is 37.7 Å². The van der Waals surface area contributed by atoms with E-state index in [4.69, 9.17) is 4.74 Å². The first-order valence-electron chi connectivity index (χ1n) is 12.0. The summed E-state index contributed by atoms with van der Waals surface area (Å²) in [6.45, 7) is 5.77. The zero-order valence-electron chi connectivity index (χ0n) is 20.2. The van der Waals surface area contributed by atoms with E-state index in [1.807, 2.05) is 11.0 Å². The van der Waals surface area contributed by atoms with Gasteiger partial charge in [0.15, 0.2) is 0 Å². The first-order valence-corrected chi connectivity index (χ1v) is 12.0. The van der Waals surface area contributed by atoms with Crippen molar-refractivity contribution in [2.24, 2.45) is 0 Å². The molecule has 1 saturated heterocycles. The van der Waals surface area contributed by atoms with Crippen molar-refractivity contribution >= 4 is 22.5 Å². The molecule has 0 aliphatic carbocycles. The van der Waals surface area contributed by atoms with E-state index in [0.717, 1.165) is 6.07 Å². The summed E-state index contributed by atoms with van der Waals surface area (Å²) in [7, 11) is 0. The molecule has 1 aliphatic rings. The number of hydrogen-bond acceptors (Lipinski definition) is 3. The molecule has 1 amide bonds. The summed E-state index contributed by atoms with van der Waals surface area (Å²) < 4.78 is 49.9. The summed E-state index contributed by atoms with van der Waals surface area (Å²) >= 11 is 0. The molecule has 0 spiro atoms. The predicted molar refractivity (Wildman–Crippen MR) is 138 cm³/mol. The summed E-state index contributed by atoms with van der Waals surface area (Å²) in [5.74, 6) is -1.29. The SMILES string of the molecule is C=CCOc1cccc2c1cc(C(=O)N1CCN(c3ccccc3F)CC1)n2Cc1ccc(F)cc1F. The monoisotopic (exact) mass is 505 g/mol. The van der Waals surface area contributed by atoms with Crippen LogP contribution in [0, 0.1) is 17.5 Å². The molecule has 2 heterocycles. The molecule has 1 fully saturated rings. The number of hydrogen-bond donors (Lipinski definition) is 0. The summed E-state index contributed by atoms with van der Waals surface area (Å²) in [4.78, 5) is 17.4. The average Bonchev–Trinajstić information content (AvgIpc) is 3.28. The van der Waals surface area contributed by atoms with E-state index in [2.05, 4.69) is 6.58 Å². The molecule has 1 aliphatic heterocycles. The second-order valence-electron chi connectivity index (χ2n) is 8.87. The Morgan fingerprint density at radius 3 is 2.43 bits per heavy atom. The lowest BCUT2D eigenvalue weighted by Crippen LogP contribution is -2.49. The molecule has 0 saturated carbocycles. The Morgan fingerprint density at radius 2 is 1.70 bits per heavy atom. The fourth-order valence-electron chi connectivity index (χ4n) is 4.72. The highest BCUT2D eigenvalue weighted by Gasteiger charge is 2.27. The second-order valence-corrected chi connectivity index (χ2v) is 8.87. The van der Waals surface area contributed by atoms with Crippen molar-refractivity contribution in [1.82, 2.24) is 9.47 Å². The molecule has 3 aromatic carbocycles. The normalized spacial score (nSPS) is 13.7. The summed E-state index contributed by atoms with van der Waals surface area (Å²) in [6, 6.07) is 17.2. The molecule has 0 radical (unpaired) electrons. The van der Waals surface area contributed by atoms with Crippen LogP contribution in [-0.2, 0) is 6.54 Å². The third kappa shape index (κ3) is 4.91. The van der Waals surface area contributed by atoms with Crippen LogP contribution in [0.3, 0.4) is 0 Å². The highest BCUT2D eigenvalue weighted by Crippen LogP contribution is 2.31. The zero-order chi connectivity index (χ0) is 25.9. The van der Waals surface area contributed by atoms with Gasteiger partial charge in [0.1, 0.15) is 35.5 Å². The average molecular weight is 506 g/mol. The predicted octanol–water partition coefficient (Wildman–Crippen LogP) is 5.63. The van der Waals surface area contributed by atoms with Crippen molar-refractivity contribution in [3.8, 4) is 5.75 Å². The summed E-state index contributed by atoms with van der Waals surface area (Å²) in [5, 5.41) is 0.709. The van der Waals surface area contributed by atoms with E-state index < -0.39 is 11.6 Å². The van der Waals surface area contributed by atoms with Gasteiger partial charge in [-0.2, -0.15) is 0 Å². The number of para-hydroxylation sites is 1. The molecule has 0 unspecified atom stereocenters. The first-order chi connectivity index (χ1) is 18.0. The standard InChI is InChI=1S/C29H26F3N3O2/c1-2-16-37-28-9-5-8-25-22(28)18-27(35(25)19-20-10-11-21(30)17-24(20)32)29(36)34-14-12-33(13-15-34)26-7-4-3-6-23(26)31/h2-11,17-18H,1,12-16,19H2. The van der Waals surface area contributed by atoms with Gasteiger partial charge in [-0.15, -0.1) is 0 Å². The molecule has 4 aromatic rings. The molecule has 0 atom stereocenters. The largest absolute Gasteiger partial charge is 0.489 e. The number of carbonyl (C=O) groups excluding carboxylic acids is 1. The Bertz CT molecular complexity index is 1460. The molecular weight excluding hydrogens is 479 g/mol. The van der Waals surface area contributed by atoms with Gasteiger partial charge >= 0.3 is 0 Å². The van der Waals surface area contributed by atoms with Crippen molar-refractivity contribution in [3.05, 3.63) is 108 Å². The molecule has 0 N–H and O–H groups in total. The number of piperazine rings is 1. The molecular formula is C29H26F3N3O2. The van der Waals surface area contributed by atoms with Crippen molar-refractivity contribution in [2.45, 2.75) is 6.54 Å². The van der Waals surface area contributed by atoms with Crippen LogP contribution in [-0.4, -0.2) is 48.2 Å². The van der Waals surface area contributed by atoms with Gasteiger partial charge in [0.05, 0.1) is 17.7 Å². The minimum atomic E-state index is -0.683. The van der Waals surface area contributed by atoms with E-state index in [0.29, 0.717) is 54.2 Å². The molecule has 8 heteroatoms. The number of halogens is 3. The number of ether oxygens (including phenoxy) is 1. The minimum absolute atomic E-state index is 0.0385. The van der Waals surface area contributed by atoms with Crippen LogP contribution in [0.25, 0.3) is 10.9 Å². The van der Waals surface area contributed by atoms with Gasteiger partial charge in [-0.05, 0) is 36.4 Å². The van der Waals surface area contributed by atoms with Crippen LogP contribution in [0.5, 0.6) is 5.75 Å². The van der Waals surface area contributed by atoms with Crippen LogP contribution in [0.1, 0.15) is 16.1 Å². The van der Waals surface area contributed by atoms with Crippen molar-refractivity contribution < 1.29 is 22.7 Å². The number of nitrogens with zero attached hydrogens (tertiary/aromatic N) is 3. The molecule has 190 valence electrons. The van der Waals surface area contributed by atoms with E-state index in [9.17, 15) is 18.0 Å². The van der Waals surface area contributed by atoms with Gasteiger partial charge in [-0.1, -0.05) is 36.9 Å². The highest BCUT2D eigenvalue weighted by molar-refractivity contribution is 6.00. The van der Waals surface area contributed by atoms with E-state index >= 15 is 0 Å². The number of anilines is 1. The van der Waals surface area contributed by atoms with Gasteiger partial charge in [-0.25, -0.2) is 13.2 Å². The van der Waals surface area contributed by atoms with Gasteiger partial charge in [-0.3, -0.25) is 4.79 Å². The van der Waals surface area contributed by atoms with Gasteiger partial charge in [0, 0.05) is 43.2 Å². The molecule has 0 bridgehead atoms. The van der Waals surface area contributed by atoms with Crippen LogP contribution in [0.2, 0.25) is 0 Å². The number of carbonyl (C=O) groups is 1. The molecule has 1 aromatic heterocycles. The number of aromatic nitrogens is 1. The fraction of sp³-hybridized carbons (Fsp3) is 0.207. The lowest BCUT2D eigenvalue weighted by atomic mass is 10.2. The fourth-order valence-corrected chi connectivity index (χ4v) is 4.72. The van der Waals surface area contributed by atoms with E-state index in [1.54, 1.807) is 51.9 Å². The Kier molecular flexibility index (Phi) is 6.90. The lowest BCUT2D eigenvalue weighted by Gasteiger charge is -2.36. The summed E-state index contributed by atoms with van der Waals surface area (Å²) in [6.07, 6.45) is 1.63. The van der Waals surface area contributed by atoms with Crippen LogP contribution >= 0.6 is 0 Å². The van der Waals surface area contributed by atoms with Crippen molar-refractivity contribution in [3.63, 3.8) is 0 Å². The number of fused-ring (bicyclic) bond motifs is 1. The van der Waals surface area contributed by atoms with Crippen LogP contribution < -0.4 is 9.64 Å². The van der Waals surface area contributed by atoms with Gasteiger partial charge < -0.3 is 19.1 Å². The Morgan fingerprint density at radius 1 is 0.919 bits per heavy atom. The molecule has 37 heavy (non-hydrogen) atoms.